The molecule has 0 aromatic heterocycles. The Morgan fingerprint density at radius 1 is 1.35 bits per heavy atom. The van der Waals surface area contributed by atoms with E-state index in [1.165, 1.54) is 0 Å². The lowest BCUT2D eigenvalue weighted by Gasteiger charge is -2.28. The maximum absolute atomic E-state index is 12.2. The zero-order chi connectivity index (χ0) is 15.1. The van der Waals surface area contributed by atoms with Crippen LogP contribution in [0.1, 0.15) is 32.3 Å². The van der Waals surface area contributed by atoms with Crippen molar-refractivity contribution in [2.75, 3.05) is 7.05 Å². The molecule has 0 fully saturated rings. The van der Waals surface area contributed by atoms with Gasteiger partial charge in [-0.15, -0.1) is 0 Å². The Morgan fingerprint density at radius 2 is 2.00 bits per heavy atom. The van der Waals surface area contributed by atoms with Crippen molar-refractivity contribution in [1.29, 1.82) is 0 Å². The Kier molecular flexibility index (Phi) is 6.52. The summed E-state index contributed by atoms with van der Waals surface area (Å²) in [6.45, 7) is 4.01. The van der Waals surface area contributed by atoms with E-state index in [4.69, 9.17) is 11.6 Å². The summed E-state index contributed by atoms with van der Waals surface area (Å²) in [6, 6.07) is 6.84. The van der Waals surface area contributed by atoms with E-state index in [1.807, 2.05) is 25.1 Å². The molecule has 1 aromatic carbocycles. The fourth-order valence-electron chi connectivity index (χ4n) is 1.96. The number of nitrogens with one attached hydrogen (secondary N) is 1. The number of hydrogen-bond donors (Lipinski definition) is 1. The average Bonchev–Trinajstić information content (AvgIpc) is 2.45. The van der Waals surface area contributed by atoms with Crippen LogP contribution in [-0.2, 0) is 16.1 Å². The molecule has 0 aliphatic rings. The summed E-state index contributed by atoms with van der Waals surface area (Å²) in [4.78, 5) is 25.6. The standard InChI is InChI=1S/C15H21ClN2O2/c1-4-7-14(19)18(11(2)15(20)17-3)10-12-8-5-6-9-13(12)16/h5-6,8-9,11H,4,7,10H2,1-3H3,(H,17,20)/t11-/m0/s1. The van der Waals surface area contributed by atoms with Gasteiger partial charge in [-0.3, -0.25) is 9.59 Å². The minimum absolute atomic E-state index is 0.0384. The number of halogens is 1. The molecule has 110 valence electrons. The fourth-order valence-corrected chi connectivity index (χ4v) is 2.15. The van der Waals surface area contributed by atoms with Crippen LogP contribution in [0.25, 0.3) is 0 Å². The maximum Gasteiger partial charge on any atom is 0.242 e. The first-order valence-corrected chi connectivity index (χ1v) is 7.13. The molecule has 4 nitrogen and oxygen atoms in total. The van der Waals surface area contributed by atoms with Crippen molar-refractivity contribution in [2.24, 2.45) is 0 Å². The lowest BCUT2D eigenvalue weighted by Crippen LogP contribution is -2.46. The number of benzene rings is 1. The first kappa shape index (κ1) is 16.5. The van der Waals surface area contributed by atoms with Gasteiger partial charge in [-0.25, -0.2) is 0 Å². The van der Waals surface area contributed by atoms with Crippen molar-refractivity contribution in [3.63, 3.8) is 0 Å². The van der Waals surface area contributed by atoms with Crippen molar-refractivity contribution in [2.45, 2.75) is 39.3 Å². The van der Waals surface area contributed by atoms with E-state index in [2.05, 4.69) is 5.32 Å². The fraction of sp³-hybridized carbons (Fsp3) is 0.467. The molecule has 1 aromatic rings. The Labute approximate surface area is 125 Å². The molecule has 0 aliphatic carbocycles. The molecule has 5 heteroatoms. The van der Waals surface area contributed by atoms with Crippen LogP contribution in [0, 0.1) is 0 Å². The largest absolute Gasteiger partial charge is 0.357 e. The van der Waals surface area contributed by atoms with E-state index < -0.39 is 6.04 Å². The molecule has 0 saturated carbocycles. The van der Waals surface area contributed by atoms with E-state index >= 15 is 0 Å². The van der Waals surface area contributed by atoms with Gasteiger partial charge in [0.1, 0.15) is 6.04 Å². The van der Waals surface area contributed by atoms with Crippen molar-refractivity contribution in [1.82, 2.24) is 10.2 Å². The predicted molar refractivity (Wildman–Crippen MR) is 80.4 cm³/mol. The average molecular weight is 297 g/mol. The number of likely N-dealkylation sites (N-methyl/N-ethyl adjacent to an activating group) is 1. The highest BCUT2D eigenvalue weighted by atomic mass is 35.5. The van der Waals surface area contributed by atoms with Gasteiger partial charge in [-0.05, 0) is 25.0 Å². The van der Waals surface area contributed by atoms with Gasteiger partial charge in [0, 0.05) is 25.0 Å². The van der Waals surface area contributed by atoms with Crippen molar-refractivity contribution in [3.05, 3.63) is 34.9 Å². The first-order valence-electron chi connectivity index (χ1n) is 6.75. The summed E-state index contributed by atoms with van der Waals surface area (Å²) < 4.78 is 0. The summed E-state index contributed by atoms with van der Waals surface area (Å²) in [7, 11) is 1.57. The highest BCUT2D eigenvalue weighted by Crippen LogP contribution is 2.19. The zero-order valence-electron chi connectivity index (χ0n) is 12.1. The molecule has 0 bridgehead atoms. The second-order valence-corrected chi connectivity index (χ2v) is 5.06. The van der Waals surface area contributed by atoms with E-state index in [1.54, 1.807) is 24.9 Å². The predicted octanol–water partition coefficient (Wildman–Crippen LogP) is 2.60. The zero-order valence-corrected chi connectivity index (χ0v) is 12.9. The number of nitrogens with zero attached hydrogens (tertiary/aromatic N) is 1. The molecule has 1 atom stereocenters. The number of amides is 2. The normalized spacial score (nSPS) is 11.8. The molecule has 0 saturated heterocycles. The minimum atomic E-state index is -0.518. The van der Waals surface area contributed by atoms with E-state index in [0.717, 1.165) is 12.0 Å². The summed E-state index contributed by atoms with van der Waals surface area (Å²) in [5.74, 6) is -0.218. The van der Waals surface area contributed by atoms with Gasteiger partial charge in [0.05, 0.1) is 0 Å². The molecule has 0 heterocycles. The van der Waals surface area contributed by atoms with Gasteiger partial charge in [0.15, 0.2) is 0 Å². The van der Waals surface area contributed by atoms with Gasteiger partial charge in [0.25, 0.3) is 0 Å². The van der Waals surface area contributed by atoms with Gasteiger partial charge >= 0.3 is 0 Å². The highest BCUT2D eigenvalue weighted by Gasteiger charge is 2.25. The smallest absolute Gasteiger partial charge is 0.242 e. The topological polar surface area (TPSA) is 49.4 Å². The molecule has 0 aliphatic heterocycles. The van der Waals surface area contributed by atoms with Gasteiger partial charge in [-0.2, -0.15) is 0 Å². The second kappa shape index (κ2) is 7.90. The summed E-state index contributed by atoms with van der Waals surface area (Å²) in [5, 5.41) is 3.18. The van der Waals surface area contributed by atoms with Crippen LogP contribution in [0.4, 0.5) is 0 Å². The van der Waals surface area contributed by atoms with Crippen molar-refractivity contribution >= 4 is 23.4 Å². The third-order valence-electron chi connectivity index (χ3n) is 3.18. The van der Waals surface area contributed by atoms with Crippen molar-refractivity contribution in [3.8, 4) is 0 Å². The molecular formula is C15H21ClN2O2. The van der Waals surface area contributed by atoms with E-state index in [9.17, 15) is 9.59 Å². The molecular weight excluding hydrogens is 276 g/mol. The van der Waals surface area contributed by atoms with Crippen molar-refractivity contribution < 1.29 is 9.59 Å². The van der Waals surface area contributed by atoms with Crippen LogP contribution < -0.4 is 5.32 Å². The molecule has 1 rings (SSSR count). The molecule has 1 N–H and O–H groups in total. The molecule has 20 heavy (non-hydrogen) atoms. The monoisotopic (exact) mass is 296 g/mol. The van der Waals surface area contributed by atoms with Gasteiger partial charge < -0.3 is 10.2 Å². The van der Waals surface area contributed by atoms with E-state index in [0.29, 0.717) is 18.0 Å². The number of carbonyl (C=O) groups excluding carboxylic acids is 2. The molecule has 0 radical (unpaired) electrons. The molecule has 0 unspecified atom stereocenters. The summed E-state index contributed by atoms with van der Waals surface area (Å²) >= 11 is 6.13. The quantitative estimate of drug-likeness (QED) is 0.877. The first-order chi connectivity index (χ1) is 9.51. The van der Waals surface area contributed by atoms with Crippen LogP contribution >= 0.6 is 11.6 Å². The Morgan fingerprint density at radius 3 is 2.55 bits per heavy atom. The summed E-state index contributed by atoms with van der Waals surface area (Å²) in [6.07, 6.45) is 1.17. The van der Waals surface area contributed by atoms with Gasteiger partial charge in [-0.1, -0.05) is 36.7 Å². The number of hydrogen-bond acceptors (Lipinski definition) is 2. The van der Waals surface area contributed by atoms with Crippen LogP contribution in [-0.4, -0.2) is 29.8 Å². The minimum Gasteiger partial charge on any atom is -0.357 e. The van der Waals surface area contributed by atoms with Gasteiger partial charge in [0.2, 0.25) is 11.8 Å². The highest BCUT2D eigenvalue weighted by molar-refractivity contribution is 6.31. The third kappa shape index (κ3) is 4.23. The Balaban J connectivity index is 2.96. The van der Waals surface area contributed by atoms with E-state index in [-0.39, 0.29) is 11.8 Å². The van der Waals surface area contributed by atoms with Crippen LogP contribution in [0.2, 0.25) is 5.02 Å². The third-order valence-corrected chi connectivity index (χ3v) is 3.54. The maximum atomic E-state index is 12.2. The number of carbonyl (C=O) groups is 2. The number of rotatable bonds is 6. The lowest BCUT2D eigenvalue weighted by molar-refractivity contribution is -0.140. The SMILES string of the molecule is CCCC(=O)N(Cc1ccccc1Cl)[C@@H](C)C(=O)NC. The summed E-state index contributed by atoms with van der Waals surface area (Å²) in [5.41, 5.74) is 0.842. The van der Waals surface area contributed by atoms with Crippen LogP contribution in [0.15, 0.2) is 24.3 Å². The molecule has 0 spiro atoms. The lowest BCUT2D eigenvalue weighted by atomic mass is 10.1. The second-order valence-electron chi connectivity index (χ2n) is 4.65. The molecule has 2 amide bonds. The Hall–Kier alpha value is -1.55. The van der Waals surface area contributed by atoms with Crippen LogP contribution in [0.5, 0.6) is 0 Å². The Bertz CT molecular complexity index is 477. The van der Waals surface area contributed by atoms with Crippen LogP contribution in [0.3, 0.4) is 0 Å².